The van der Waals surface area contributed by atoms with Crippen molar-refractivity contribution in [2.75, 3.05) is 69.6 Å². The molecule has 2 heterocycles. The Morgan fingerprint density at radius 2 is 1.01 bits per heavy atom. The van der Waals surface area contributed by atoms with E-state index in [-0.39, 0.29) is 38.5 Å². The third-order valence-electron chi connectivity index (χ3n) is 26.2. The highest BCUT2D eigenvalue weighted by molar-refractivity contribution is 6.04. The lowest BCUT2D eigenvalue weighted by Crippen LogP contribution is -2.65. The first-order chi connectivity index (χ1) is 67.8. The molecule has 52 nitrogen and oxygen atoms in total. The number of hydrogen-bond acceptors (Lipinski definition) is 28. The Kier molecular flexibility index (Phi) is 49.7. The number of benzene rings is 1. The van der Waals surface area contributed by atoms with Crippen LogP contribution in [0.3, 0.4) is 0 Å². The van der Waals surface area contributed by atoms with Crippen molar-refractivity contribution in [3.63, 3.8) is 0 Å². The normalized spacial score (nSPS) is 23.4. The van der Waals surface area contributed by atoms with Gasteiger partial charge in [0.1, 0.15) is 103 Å². The summed E-state index contributed by atoms with van der Waals surface area (Å²) in [5.74, 6) is -34.2. The SMILES string of the molecule is CC[C@@H](C)[C@H]1NC(=O)[C@H](C)NC(=O)C(CC(N)=O)NC(=O)CN(C)C(=O)C(CC(N)=O)NC(=O)C(NC(=O)[C@H](CC(N)=O)NC(=O)[C@H](CC(C)C)N(C)C(=O)[C@H](C(C)C)N(C)C(=O)[C@H]([C@@H](C)CC)N(C)C(=O)[C@H](CC(N)=O)N(C)C(=O)[C@H]([C@@H](C)CC)N(C)C(=O)[C@@H](Cc2ccccc2)NC(=O)COC)C(C)OC(=O)[C@@H]([C@@H](C)CC)N(C)C(=O)[C@@H](C)NC(=O)[C@H](CC(=O)NC(N)=O)NC(=O)[C@@H](C)[C@]2(O)NC(=O)C[C@@H]2NC1=O. The largest absolute Gasteiger partial charge is 0.458 e. The number of primary amides is 5. The molecule has 25 amide bonds. The maximum Gasteiger partial charge on any atom is 0.329 e. The summed E-state index contributed by atoms with van der Waals surface area (Å²) in [4.78, 5) is 363. The number of aliphatic hydroxyl groups is 1. The van der Waals surface area contributed by atoms with Crippen molar-refractivity contribution >= 4 is 148 Å². The topological polar surface area (TPSA) is 763 Å². The van der Waals surface area contributed by atoms with E-state index >= 15 is 38.4 Å². The Hall–Kier alpha value is -14.1. The van der Waals surface area contributed by atoms with E-state index in [4.69, 9.17) is 38.1 Å². The van der Waals surface area contributed by atoms with E-state index in [0.717, 1.165) is 71.2 Å². The number of likely N-dealkylation sites (N-methyl/N-ethyl adjacent to an activating group) is 7. The Bertz CT molecular complexity index is 4910. The maximum absolute atomic E-state index is 15.6. The maximum atomic E-state index is 15.6. The van der Waals surface area contributed by atoms with Crippen LogP contribution in [0, 0.1) is 41.4 Å². The summed E-state index contributed by atoms with van der Waals surface area (Å²) < 4.78 is 11.0. The van der Waals surface area contributed by atoms with Crippen LogP contribution in [0.5, 0.6) is 0 Å². The minimum Gasteiger partial charge on any atom is -0.458 e. The van der Waals surface area contributed by atoms with Gasteiger partial charge in [0.15, 0.2) is 5.72 Å². The molecule has 816 valence electrons. The molecule has 0 bridgehead atoms. The van der Waals surface area contributed by atoms with Gasteiger partial charge in [-0.1, -0.05) is 139 Å². The first-order valence-corrected chi connectivity index (χ1v) is 48.2. The fourth-order valence-electron chi connectivity index (χ4n) is 16.9. The average molecular weight is 2070 g/mol. The molecule has 1 aromatic rings. The second kappa shape index (κ2) is 57.5. The van der Waals surface area contributed by atoms with E-state index < -0.39 is 349 Å². The second-order valence-electron chi connectivity index (χ2n) is 38.4. The lowest BCUT2D eigenvalue weighted by atomic mass is 9.89. The van der Waals surface area contributed by atoms with Crippen LogP contribution in [0.2, 0.25) is 0 Å². The molecule has 0 aliphatic carbocycles. The van der Waals surface area contributed by atoms with Crippen LogP contribution < -0.4 is 92.5 Å². The summed E-state index contributed by atoms with van der Waals surface area (Å²) in [6.45, 7) is 21.9. The molecule has 0 radical (unpaired) electrons. The minimum atomic E-state index is -2.77. The monoisotopic (exact) mass is 2070 g/mol. The van der Waals surface area contributed by atoms with Gasteiger partial charge in [-0.25, -0.2) is 9.59 Å². The summed E-state index contributed by atoms with van der Waals surface area (Å²) in [6, 6.07) is -21.3. The van der Waals surface area contributed by atoms with Gasteiger partial charge < -0.3 is 136 Å². The Morgan fingerprint density at radius 1 is 0.507 bits per heavy atom. The predicted molar refractivity (Wildman–Crippen MR) is 522 cm³/mol. The predicted octanol–water partition coefficient (Wildman–Crippen LogP) is -7.05. The first-order valence-electron chi connectivity index (χ1n) is 48.2. The molecule has 3 rings (SSSR count). The highest BCUT2D eigenvalue weighted by atomic mass is 16.5. The number of hydrogen-bond donors (Lipinski definition) is 18. The van der Waals surface area contributed by atoms with E-state index in [0.29, 0.717) is 10.5 Å². The van der Waals surface area contributed by atoms with Crippen LogP contribution in [0.15, 0.2) is 30.3 Å². The number of imide groups is 1. The highest BCUT2D eigenvalue weighted by Gasteiger charge is 2.55. The van der Waals surface area contributed by atoms with Crippen molar-refractivity contribution in [1.82, 2.24) is 98.1 Å². The Balaban J connectivity index is 2.34. The van der Waals surface area contributed by atoms with E-state index in [9.17, 15) is 86.6 Å². The molecule has 0 spiro atoms. The van der Waals surface area contributed by atoms with Gasteiger partial charge in [0.05, 0.1) is 57.0 Å². The quantitative estimate of drug-likeness (QED) is 0.0272. The van der Waals surface area contributed by atoms with Gasteiger partial charge in [-0.3, -0.25) is 116 Å². The van der Waals surface area contributed by atoms with Gasteiger partial charge in [0.2, 0.25) is 136 Å². The average Bonchev–Trinajstić information content (AvgIpc) is 1.66. The van der Waals surface area contributed by atoms with Gasteiger partial charge in [0, 0.05) is 62.9 Å². The molecule has 23 atom stereocenters. The van der Waals surface area contributed by atoms with Gasteiger partial charge in [-0.05, 0) is 75.2 Å². The number of carbonyl (C=O) groups is 25. The van der Waals surface area contributed by atoms with Crippen molar-refractivity contribution in [3.8, 4) is 0 Å². The summed E-state index contributed by atoms with van der Waals surface area (Å²) in [5, 5.41) is 39.8. The van der Waals surface area contributed by atoms with Crippen LogP contribution in [0.4, 0.5) is 4.79 Å². The number of esters is 1. The van der Waals surface area contributed by atoms with Crippen LogP contribution in [0.1, 0.15) is 187 Å². The number of rotatable bonds is 40. The lowest BCUT2D eigenvalue weighted by Gasteiger charge is -2.42. The Morgan fingerprint density at radius 3 is 1.51 bits per heavy atom. The van der Waals surface area contributed by atoms with Crippen molar-refractivity contribution in [3.05, 3.63) is 35.9 Å². The van der Waals surface area contributed by atoms with Crippen molar-refractivity contribution in [2.45, 2.75) is 296 Å². The van der Waals surface area contributed by atoms with E-state index in [1.54, 1.807) is 105 Å². The molecule has 52 heteroatoms. The number of nitrogens with zero attached hydrogens (tertiary/aromatic N) is 7. The summed E-state index contributed by atoms with van der Waals surface area (Å²) in [7, 11) is 9.56. The first kappa shape index (κ1) is 126. The molecule has 2 aliphatic heterocycles. The molecule has 23 N–H and O–H groups in total. The zero-order chi connectivity index (χ0) is 112. The number of carbonyl (C=O) groups excluding carboxylic acids is 25. The number of amides is 25. The van der Waals surface area contributed by atoms with Crippen LogP contribution in [-0.2, 0) is 131 Å². The number of methoxy groups -OCH3 is 1. The number of urea groups is 1. The van der Waals surface area contributed by atoms with E-state index in [1.165, 1.54) is 56.2 Å². The van der Waals surface area contributed by atoms with Gasteiger partial charge in [-0.15, -0.1) is 0 Å². The molecule has 0 saturated carbocycles. The zero-order valence-electron chi connectivity index (χ0n) is 87.6. The molecular weight excluding hydrogens is 1910 g/mol. The number of nitrogens with one attached hydrogen (secondary N) is 12. The van der Waals surface area contributed by atoms with Gasteiger partial charge >= 0.3 is 12.0 Å². The summed E-state index contributed by atoms with van der Waals surface area (Å²) >= 11 is 0. The van der Waals surface area contributed by atoms with Gasteiger partial charge in [0.25, 0.3) is 0 Å². The third kappa shape index (κ3) is 35.7. The molecule has 4 unspecified atom stereocenters. The van der Waals surface area contributed by atoms with Crippen LogP contribution in [0.25, 0.3) is 0 Å². The lowest BCUT2D eigenvalue weighted by molar-refractivity contribution is -0.163. The van der Waals surface area contributed by atoms with Gasteiger partial charge in [-0.2, -0.15) is 0 Å². The molecule has 2 fully saturated rings. The van der Waals surface area contributed by atoms with E-state index in [1.807, 2.05) is 0 Å². The Labute approximate surface area is 848 Å². The van der Waals surface area contributed by atoms with Crippen molar-refractivity contribution < 1.29 is 134 Å². The van der Waals surface area contributed by atoms with Crippen LogP contribution >= 0.6 is 0 Å². The standard InChI is InChI=1S/C94H152N24O28/c1-25-46(9)71-83(133)107-62-41-68(124)111-94(62,144)50(13)77(127)104-57(39-67(123)108-93(99)143)80(130)101-52(15)85(135)118(23)76(49(12)28-4)92(142)146-53(16)72(84(134)106-59(38-65(97)121)86(136)112(17)42-69(125)102-55(36-63(95)119)79(129)100-51(14)78(128)109-71)110-81(131)56(37-64(96)120)105-82(132)60(34-44(5)6)113(18)89(139)73(45(7)8)115(20)91(141)75(48(11)27-3)117(22)88(138)61(40-66(98)122)114(19)90(140)74(47(10)26-2)116(21)87(137)58(103-70(126)43-145-24)35-54-32-30-29-31-33-54/h29-33,44-53,55-62,71-76,144H,25-28,34-43H2,1-24H3,(H2,95,119)(H2,96,120)(H2,97,121)(H2,98,122)(H,100,129)(H,101,130)(H,102,125)(H,103,126)(H,104,127)(H,105,132)(H,106,134)(H,107,133)(H,109,128)(H,110,131)(H,111,124)(H3,99,108,123,143)/t46-,47+,48+,49+,50-,51+,52-,53?,55?,56+,57+,58-,59?,60+,61+,62+,71-,72?,73+,74+,75+,76-,94-/m1/s1. The fraction of sp³-hybridized carbons (Fsp3) is 0.670. The minimum absolute atomic E-state index is 0.0104. The highest BCUT2D eigenvalue weighted by Crippen LogP contribution is 2.31. The number of ether oxygens (including phenoxy) is 2. The second-order valence-corrected chi connectivity index (χ2v) is 38.4. The third-order valence-corrected chi connectivity index (χ3v) is 26.2. The smallest absolute Gasteiger partial charge is 0.329 e. The molecule has 2 aliphatic rings. The van der Waals surface area contributed by atoms with Crippen molar-refractivity contribution in [1.29, 1.82) is 0 Å². The molecule has 146 heavy (non-hydrogen) atoms. The number of nitrogens with two attached hydrogens (primary N) is 5. The number of fused-ring (bicyclic) bond motifs is 1. The van der Waals surface area contributed by atoms with Crippen molar-refractivity contribution in [2.24, 2.45) is 70.1 Å². The molecular formula is C94H152N24O28. The van der Waals surface area contributed by atoms with E-state index in [2.05, 4.69) is 58.5 Å². The summed E-state index contributed by atoms with van der Waals surface area (Å²) in [6.07, 6.45) is -7.70. The summed E-state index contributed by atoms with van der Waals surface area (Å²) in [5.41, 5.74) is 25.9. The molecule has 2 saturated heterocycles. The molecule has 1 aromatic carbocycles. The molecule has 0 aromatic heterocycles. The fourth-order valence-corrected chi connectivity index (χ4v) is 16.9. The number of cyclic esters (lactones) is 1. The van der Waals surface area contributed by atoms with Crippen LogP contribution in [-0.4, -0.2) is 365 Å². The zero-order valence-corrected chi connectivity index (χ0v) is 87.6.